The first-order chi connectivity index (χ1) is 21.5. The molecule has 0 saturated carbocycles. The van der Waals surface area contributed by atoms with E-state index >= 15 is 0 Å². The van der Waals surface area contributed by atoms with Gasteiger partial charge in [-0.1, -0.05) is 39.8 Å². The molecular formula is C32H45F3N8O2. The molecular weight excluding hydrogens is 585 g/mol. The van der Waals surface area contributed by atoms with Gasteiger partial charge in [-0.05, 0) is 80.3 Å². The molecule has 45 heavy (non-hydrogen) atoms. The topological polar surface area (TPSA) is 162 Å². The summed E-state index contributed by atoms with van der Waals surface area (Å²) in [6, 6.07) is 13.5. The monoisotopic (exact) mass is 630 g/mol. The second-order valence-corrected chi connectivity index (χ2v) is 9.81. The Bertz CT molecular complexity index is 1560. The summed E-state index contributed by atoms with van der Waals surface area (Å²) in [5, 5.41) is 3.92. The van der Waals surface area contributed by atoms with E-state index in [0.717, 1.165) is 18.5 Å². The Balaban J connectivity index is 0.00000169. The lowest BCUT2D eigenvalue weighted by Crippen LogP contribution is -2.23. The van der Waals surface area contributed by atoms with Gasteiger partial charge in [0.05, 0.1) is 5.69 Å². The lowest BCUT2D eigenvalue weighted by Gasteiger charge is -2.13. The van der Waals surface area contributed by atoms with Crippen molar-refractivity contribution in [3.05, 3.63) is 76.3 Å². The number of aromatic amines is 1. The Hall–Kier alpha value is -4.36. The largest absolute Gasteiger partial charge is 0.573 e. The molecule has 0 radical (unpaired) electrons. The Morgan fingerprint density at radius 1 is 1.07 bits per heavy atom. The van der Waals surface area contributed by atoms with Gasteiger partial charge in [0.15, 0.2) is 5.96 Å². The molecule has 0 fully saturated rings. The molecule has 0 saturated heterocycles. The third kappa shape index (κ3) is 11.9. The number of aryl methyl sites for hydroxylation is 1. The van der Waals surface area contributed by atoms with Crippen LogP contribution in [0.15, 0.2) is 64.5 Å². The number of ether oxygens (including phenoxy) is 1. The normalized spacial score (nSPS) is 11.6. The summed E-state index contributed by atoms with van der Waals surface area (Å²) in [5.41, 5.74) is 19.6. The molecule has 8 N–H and O–H groups in total. The lowest BCUT2D eigenvalue weighted by molar-refractivity contribution is -0.274. The molecule has 0 bridgehead atoms. The minimum absolute atomic E-state index is 0.0752. The second kappa shape index (κ2) is 17.8. The summed E-state index contributed by atoms with van der Waals surface area (Å²) in [6.07, 6.45) is -1.32. The summed E-state index contributed by atoms with van der Waals surface area (Å²) in [5.74, 6) is -0.254. The maximum absolute atomic E-state index is 13.0. The second-order valence-electron chi connectivity index (χ2n) is 9.81. The van der Waals surface area contributed by atoms with Gasteiger partial charge in [-0.25, -0.2) is 4.79 Å². The Morgan fingerprint density at radius 2 is 1.76 bits per heavy atom. The van der Waals surface area contributed by atoms with E-state index in [9.17, 15) is 18.0 Å². The van der Waals surface area contributed by atoms with Crippen LogP contribution in [0.2, 0.25) is 0 Å². The Kier molecular flexibility index (Phi) is 14.6. The van der Waals surface area contributed by atoms with Crippen molar-refractivity contribution in [1.82, 2.24) is 19.9 Å². The zero-order valence-corrected chi connectivity index (χ0v) is 26.5. The van der Waals surface area contributed by atoms with E-state index in [1.165, 1.54) is 16.7 Å². The number of alkyl halides is 3. The van der Waals surface area contributed by atoms with Gasteiger partial charge in [0.25, 0.3) is 0 Å². The highest BCUT2D eigenvalue weighted by Crippen LogP contribution is 2.31. The zero-order valence-electron chi connectivity index (χ0n) is 26.5. The van der Waals surface area contributed by atoms with Crippen LogP contribution in [0.5, 0.6) is 5.75 Å². The Labute approximate surface area is 261 Å². The molecule has 2 aromatic heterocycles. The maximum atomic E-state index is 13.0. The van der Waals surface area contributed by atoms with Gasteiger partial charge in [-0.15, -0.1) is 13.2 Å². The summed E-state index contributed by atoms with van der Waals surface area (Å²) in [6.45, 7) is 11.8. The van der Waals surface area contributed by atoms with Gasteiger partial charge in [-0.2, -0.15) is 4.98 Å². The molecule has 4 rings (SSSR count). The van der Waals surface area contributed by atoms with Gasteiger partial charge in [0.2, 0.25) is 0 Å². The molecule has 0 spiro atoms. The van der Waals surface area contributed by atoms with Gasteiger partial charge < -0.3 is 32.2 Å². The van der Waals surface area contributed by atoms with Crippen LogP contribution in [0, 0.1) is 0 Å². The van der Waals surface area contributed by atoms with Crippen LogP contribution in [0.3, 0.4) is 0 Å². The third-order valence-corrected chi connectivity index (χ3v) is 6.26. The molecule has 4 aromatic rings. The number of aliphatic imine (C=N–C) groups is 1. The third-order valence-electron chi connectivity index (χ3n) is 6.26. The minimum Gasteiger partial charge on any atom is -0.406 e. The molecule has 0 unspecified atom stereocenters. The number of halogens is 3. The van der Waals surface area contributed by atoms with Crippen molar-refractivity contribution >= 4 is 17.0 Å². The first-order valence-electron chi connectivity index (χ1n) is 15.1. The summed E-state index contributed by atoms with van der Waals surface area (Å²) >= 11 is 0. The van der Waals surface area contributed by atoms with Crippen LogP contribution >= 0.6 is 0 Å². The van der Waals surface area contributed by atoms with Crippen molar-refractivity contribution in [1.29, 1.82) is 0 Å². The van der Waals surface area contributed by atoms with Crippen LogP contribution in [0.4, 0.5) is 13.2 Å². The van der Waals surface area contributed by atoms with Crippen molar-refractivity contribution in [3.8, 4) is 22.7 Å². The summed E-state index contributed by atoms with van der Waals surface area (Å²) in [4.78, 5) is 24.0. The van der Waals surface area contributed by atoms with Crippen LogP contribution in [0.1, 0.15) is 58.6 Å². The van der Waals surface area contributed by atoms with E-state index in [-0.39, 0.29) is 17.8 Å². The van der Waals surface area contributed by atoms with Crippen molar-refractivity contribution in [2.75, 3.05) is 13.1 Å². The fraction of sp³-hybridized carbons (Fsp3) is 0.406. The number of hydrogen-bond acceptors (Lipinski definition) is 6. The predicted molar refractivity (Wildman–Crippen MR) is 175 cm³/mol. The zero-order chi connectivity index (χ0) is 33.6. The number of nitrogens with zero attached hydrogens (tertiary/aromatic N) is 3. The molecule has 0 aliphatic carbocycles. The van der Waals surface area contributed by atoms with Crippen LogP contribution in [0.25, 0.3) is 28.0 Å². The molecule has 0 aliphatic rings. The number of nitrogens with one attached hydrogen (secondary N) is 2. The van der Waals surface area contributed by atoms with Gasteiger partial charge in [-0.3, -0.25) is 9.56 Å². The lowest BCUT2D eigenvalue weighted by atomic mass is 10.0. The number of rotatable bonds is 12. The van der Waals surface area contributed by atoms with Crippen LogP contribution in [-0.4, -0.2) is 46.0 Å². The fourth-order valence-electron chi connectivity index (χ4n) is 4.30. The molecule has 2 aromatic carbocycles. The van der Waals surface area contributed by atoms with E-state index in [1.807, 2.05) is 58.9 Å². The summed E-state index contributed by atoms with van der Waals surface area (Å²) in [7, 11) is 0. The number of guanidine groups is 1. The molecule has 0 amide bonds. The van der Waals surface area contributed by atoms with Gasteiger partial charge in [0.1, 0.15) is 11.4 Å². The van der Waals surface area contributed by atoms with Crippen LogP contribution < -0.4 is 32.9 Å². The quantitative estimate of drug-likeness (QED) is 0.0799. The predicted octanol–water partition coefficient (Wildman–Crippen LogP) is 5.36. The van der Waals surface area contributed by atoms with E-state index in [2.05, 4.69) is 25.0 Å². The first kappa shape index (κ1) is 36.8. The highest BCUT2D eigenvalue weighted by molar-refractivity contribution is 5.83. The number of aromatic nitrogens is 3. The standard InChI is InChI=1S/C28H33F3N8O2.2C2H6/c1-17(32)3-4-19-11-20(13-23(12-19)41-28(29,30)31)24-14-21-16-39(27(40)38-25(21)37-24)22-7-5-18(6-8-22)15-35-9-2-10-36-26(33)34;2*1-2/h5-8,11-14,16-17,35H,2-4,9-10,15,32H2,1H3,(H4,33,34,36)(H,37,38,40);2*1-2H3/t17-;;/m0../s1. The molecule has 1 atom stereocenters. The highest BCUT2D eigenvalue weighted by Gasteiger charge is 2.31. The van der Waals surface area contributed by atoms with Crippen molar-refractivity contribution in [3.63, 3.8) is 0 Å². The smallest absolute Gasteiger partial charge is 0.406 e. The van der Waals surface area contributed by atoms with Crippen molar-refractivity contribution in [2.45, 2.75) is 72.8 Å². The van der Waals surface area contributed by atoms with Crippen LogP contribution in [-0.2, 0) is 13.0 Å². The van der Waals surface area contributed by atoms with E-state index in [0.29, 0.717) is 59.5 Å². The number of nitrogens with two attached hydrogens (primary N) is 3. The Morgan fingerprint density at radius 3 is 2.38 bits per heavy atom. The molecule has 0 aliphatic heterocycles. The molecule has 13 heteroatoms. The number of benzene rings is 2. The van der Waals surface area contributed by atoms with Gasteiger partial charge >= 0.3 is 12.1 Å². The van der Waals surface area contributed by atoms with Crippen molar-refractivity contribution < 1.29 is 17.9 Å². The maximum Gasteiger partial charge on any atom is 0.573 e. The average molecular weight is 631 g/mol. The SMILES string of the molecule is CC.CC.C[C@H](N)CCc1cc(OC(F)(F)F)cc(-c2cc3cn(-c4ccc(CNCCCN=C(N)N)cc4)c(=O)nc3[nH]2)c1. The van der Waals surface area contributed by atoms with Gasteiger partial charge in [0, 0.05) is 42.0 Å². The molecule has 246 valence electrons. The van der Waals surface area contributed by atoms with E-state index < -0.39 is 12.1 Å². The minimum atomic E-state index is -4.83. The van der Waals surface area contributed by atoms with E-state index in [1.54, 1.807) is 18.3 Å². The number of hydrogen-bond donors (Lipinski definition) is 5. The average Bonchev–Trinajstić information content (AvgIpc) is 3.42. The fourth-order valence-corrected chi connectivity index (χ4v) is 4.30. The number of fused-ring (bicyclic) bond motifs is 1. The first-order valence-corrected chi connectivity index (χ1v) is 15.1. The van der Waals surface area contributed by atoms with Crippen molar-refractivity contribution in [2.24, 2.45) is 22.2 Å². The molecule has 10 nitrogen and oxygen atoms in total. The number of H-pyrrole nitrogens is 1. The highest BCUT2D eigenvalue weighted by atomic mass is 19.4. The molecule has 2 heterocycles. The summed E-state index contributed by atoms with van der Waals surface area (Å²) < 4.78 is 44.6. The van der Waals surface area contributed by atoms with E-state index in [4.69, 9.17) is 17.2 Å².